The van der Waals surface area contributed by atoms with Crippen molar-refractivity contribution in [2.45, 2.75) is 38.5 Å². The molecule has 1 aliphatic heterocycles. The molecule has 4 atom stereocenters. The van der Waals surface area contributed by atoms with Gasteiger partial charge in [-0.05, 0) is 55.9 Å². The molecular formula is C21H26N2O4S. The van der Waals surface area contributed by atoms with Crippen LogP contribution < -0.4 is 4.74 Å². The molecule has 1 aromatic heterocycles. The molecule has 2 aromatic rings. The van der Waals surface area contributed by atoms with Crippen molar-refractivity contribution in [2.75, 3.05) is 20.2 Å². The van der Waals surface area contributed by atoms with E-state index in [0.29, 0.717) is 23.1 Å². The number of aryl methyl sites for hydroxylation is 1. The second kappa shape index (κ2) is 8.19. The third-order valence-electron chi connectivity index (χ3n) is 5.75. The zero-order chi connectivity index (χ0) is 19.7. The number of fused-ring (bicyclic) bond motifs is 1. The summed E-state index contributed by atoms with van der Waals surface area (Å²) in [5, 5.41) is 13.9. The van der Waals surface area contributed by atoms with Crippen LogP contribution >= 0.6 is 11.3 Å². The minimum absolute atomic E-state index is 0.215. The minimum Gasteiger partial charge on any atom is -0.488 e. The fraction of sp³-hybridized carbons (Fsp3) is 0.524. The van der Waals surface area contributed by atoms with Gasteiger partial charge in [-0.15, -0.1) is 11.3 Å². The first-order chi connectivity index (χ1) is 13.5. The Kier molecular flexibility index (Phi) is 5.66. The van der Waals surface area contributed by atoms with Gasteiger partial charge in [0.1, 0.15) is 16.9 Å². The Morgan fingerprint density at radius 2 is 1.96 bits per heavy atom. The number of likely N-dealkylation sites (tertiary alicyclic amines) is 1. The number of methoxy groups -OCH3 is 1. The van der Waals surface area contributed by atoms with Crippen molar-refractivity contribution < 1.29 is 19.4 Å². The van der Waals surface area contributed by atoms with E-state index in [1.807, 2.05) is 6.92 Å². The van der Waals surface area contributed by atoms with Crippen LogP contribution in [-0.4, -0.2) is 53.4 Å². The molecular weight excluding hydrogens is 376 g/mol. The summed E-state index contributed by atoms with van der Waals surface area (Å²) < 4.78 is 10.8. The number of thiazole rings is 1. The molecule has 1 saturated heterocycles. The second-order valence-corrected chi connectivity index (χ2v) is 8.75. The van der Waals surface area contributed by atoms with E-state index in [9.17, 15) is 9.90 Å². The standard InChI is InChI=1S/C21H26N2O4S/c1-13-12-28-20(22-13)11-23-9-15-7-18(24)19(8-16(15)10-23)27-17-5-3-14(4-6-17)21(25)26-2/h3-6,12,15-16,18-19,24H,7-11H2,1-2H3/t15-,16+,18-,19-/m0/s1. The molecule has 0 bridgehead atoms. The summed E-state index contributed by atoms with van der Waals surface area (Å²) in [7, 11) is 1.36. The summed E-state index contributed by atoms with van der Waals surface area (Å²) >= 11 is 1.72. The number of benzene rings is 1. The highest BCUT2D eigenvalue weighted by Gasteiger charge is 2.42. The lowest BCUT2D eigenvalue weighted by molar-refractivity contribution is -0.0231. The molecule has 2 heterocycles. The van der Waals surface area contributed by atoms with Crippen molar-refractivity contribution in [3.05, 3.63) is 45.9 Å². The van der Waals surface area contributed by atoms with Crippen molar-refractivity contribution in [3.63, 3.8) is 0 Å². The number of esters is 1. The van der Waals surface area contributed by atoms with E-state index in [1.165, 1.54) is 7.11 Å². The average molecular weight is 403 g/mol. The van der Waals surface area contributed by atoms with Gasteiger partial charge in [0.05, 0.1) is 25.3 Å². The third-order valence-corrected chi connectivity index (χ3v) is 6.70. The van der Waals surface area contributed by atoms with Crippen LogP contribution in [0.3, 0.4) is 0 Å². The summed E-state index contributed by atoms with van der Waals surface area (Å²) in [6.45, 7) is 4.96. The van der Waals surface area contributed by atoms with Gasteiger partial charge in [0, 0.05) is 24.2 Å². The first-order valence-electron chi connectivity index (χ1n) is 9.68. The second-order valence-electron chi connectivity index (χ2n) is 7.81. The number of carbonyl (C=O) groups is 1. The maximum Gasteiger partial charge on any atom is 0.337 e. The van der Waals surface area contributed by atoms with E-state index < -0.39 is 6.10 Å². The highest BCUT2D eigenvalue weighted by Crippen LogP contribution is 2.38. The molecule has 6 nitrogen and oxygen atoms in total. The Balaban J connectivity index is 1.35. The number of aliphatic hydroxyl groups is 1. The molecule has 28 heavy (non-hydrogen) atoms. The molecule has 2 aliphatic rings. The Hall–Kier alpha value is -1.96. The maximum absolute atomic E-state index is 11.5. The summed E-state index contributed by atoms with van der Waals surface area (Å²) in [5.41, 5.74) is 1.57. The van der Waals surface area contributed by atoms with Crippen LogP contribution in [0.5, 0.6) is 5.75 Å². The Bertz CT molecular complexity index is 822. The minimum atomic E-state index is -0.469. The highest BCUT2D eigenvalue weighted by molar-refractivity contribution is 7.09. The lowest BCUT2D eigenvalue weighted by atomic mass is 9.78. The molecule has 1 N–H and O–H groups in total. The van der Waals surface area contributed by atoms with E-state index in [1.54, 1.807) is 35.6 Å². The van der Waals surface area contributed by atoms with Crippen molar-refractivity contribution >= 4 is 17.3 Å². The van der Waals surface area contributed by atoms with E-state index in [4.69, 9.17) is 9.47 Å². The quantitative estimate of drug-likeness (QED) is 0.776. The molecule has 0 unspecified atom stereocenters. The SMILES string of the molecule is COC(=O)c1ccc(O[C@H]2C[C@@H]3CN(Cc4nc(C)cs4)C[C@@H]3C[C@@H]2O)cc1. The number of rotatable bonds is 5. The number of hydrogen-bond donors (Lipinski definition) is 1. The van der Waals surface area contributed by atoms with Gasteiger partial charge in [-0.2, -0.15) is 0 Å². The highest BCUT2D eigenvalue weighted by atomic mass is 32.1. The first-order valence-corrected chi connectivity index (χ1v) is 10.6. The van der Waals surface area contributed by atoms with Crippen LogP contribution in [0.4, 0.5) is 0 Å². The average Bonchev–Trinajstić information content (AvgIpc) is 3.27. The van der Waals surface area contributed by atoms with E-state index >= 15 is 0 Å². The summed E-state index contributed by atoms with van der Waals surface area (Å²) in [4.78, 5) is 18.6. The Morgan fingerprint density at radius 1 is 1.25 bits per heavy atom. The predicted octanol–water partition coefficient (Wildman–Crippen LogP) is 2.89. The monoisotopic (exact) mass is 402 g/mol. The zero-order valence-electron chi connectivity index (χ0n) is 16.2. The van der Waals surface area contributed by atoms with Gasteiger partial charge < -0.3 is 14.6 Å². The summed E-state index contributed by atoms with van der Waals surface area (Å²) in [6, 6.07) is 6.90. The molecule has 1 aliphatic carbocycles. The molecule has 0 spiro atoms. The number of carbonyl (C=O) groups excluding carboxylic acids is 1. The molecule has 7 heteroatoms. The molecule has 150 valence electrons. The van der Waals surface area contributed by atoms with Gasteiger partial charge in [0.2, 0.25) is 0 Å². The molecule has 2 fully saturated rings. The van der Waals surface area contributed by atoms with Gasteiger partial charge in [-0.3, -0.25) is 4.90 Å². The van der Waals surface area contributed by atoms with Gasteiger partial charge in [0.25, 0.3) is 0 Å². The van der Waals surface area contributed by atoms with Crippen molar-refractivity contribution in [1.29, 1.82) is 0 Å². The van der Waals surface area contributed by atoms with Crippen LogP contribution in [0.2, 0.25) is 0 Å². The van der Waals surface area contributed by atoms with Gasteiger partial charge >= 0.3 is 5.97 Å². The largest absolute Gasteiger partial charge is 0.488 e. The molecule has 1 aromatic carbocycles. The van der Waals surface area contributed by atoms with E-state index in [0.717, 1.165) is 43.2 Å². The maximum atomic E-state index is 11.5. The van der Waals surface area contributed by atoms with Gasteiger partial charge in [-0.25, -0.2) is 9.78 Å². The van der Waals surface area contributed by atoms with Crippen LogP contribution in [0.1, 0.15) is 33.9 Å². The van der Waals surface area contributed by atoms with E-state index in [2.05, 4.69) is 15.3 Å². The Morgan fingerprint density at radius 3 is 2.61 bits per heavy atom. The lowest BCUT2D eigenvalue weighted by Gasteiger charge is -2.35. The van der Waals surface area contributed by atoms with Gasteiger partial charge in [-0.1, -0.05) is 0 Å². The van der Waals surface area contributed by atoms with Crippen molar-refractivity contribution in [1.82, 2.24) is 9.88 Å². The van der Waals surface area contributed by atoms with Crippen LogP contribution in [0, 0.1) is 18.8 Å². The zero-order valence-corrected chi connectivity index (χ0v) is 17.0. The molecule has 4 rings (SSSR count). The lowest BCUT2D eigenvalue weighted by Crippen LogP contribution is -2.42. The smallest absolute Gasteiger partial charge is 0.337 e. The fourth-order valence-corrected chi connectivity index (χ4v) is 5.19. The molecule has 1 saturated carbocycles. The first kappa shape index (κ1) is 19.4. The predicted molar refractivity (Wildman–Crippen MR) is 107 cm³/mol. The molecule has 0 radical (unpaired) electrons. The summed E-state index contributed by atoms with van der Waals surface area (Å²) in [5.74, 6) is 1.35. The number of aromatic nitrogens is 1. The third kappa shape index (κ3) is 4.21. The van der Waals surface area contributed by atoms with Crippen molar-refractivity contribution in [2.24, 2.45) is 11.8 Å². The Labute approximate surface area is 169 Å². The number of ether oxygens (including phenoxy) is 2. The summed E-state index contributed by atoms with van der Waals surface area (Å²) in [6.07, 6.45) is 0.928. The number of nitrogens with zero attached hydrogens (tertiary/aromatic N) is 2. The van der Waals surface area contributed by atoms with Crippen LogP contribution in [0.25, 0.3) is 0 Å². The van der Waals surface area contributed by atoms with Crippen LogP contribution in [-0.2, 0) is 11.3 Å². The van der Waals surface area contributed by atoms with Crippen LogP contribution in [0.15, 0.2) is 29.6 Å². The number of hydrogen-bond acceptors (Lipinski definition) is 7. The number of aliphatic hydroxyl groups excluding tert-OH is 1. The van der Waals surface area contributed by atoms with Gasteiger partial charge in [0.15, 0.2) is 0 Å². The molecule has 0 amide bonds. The topological polar surface area (TPSA) is 71.9 Å². The van der Waals surface area contributed by atoms with E-state index in [-0.39, 0.29) is 12.1 Å². The fourth-order valence-electron chi connectivity index (χ4n) is 4.37. The normalized spacial score (nSPS) is 27.4. The van der Waals surface area contributed by atoms with Crippen molar-refractivity contribution in [3.8, 4) is 5.75 Å².